The summed E-state index contributed by atoms with van der Waals surface area (Å²) in [4.78, 5) is 19.0. The van der Waals surface area contributed by atoms with E-state index in [1.165, 1.54) is 11.3 Å². The fourth-order valence-electron chi connectivity index (χ4n) is 1.99. The molecular weight excluding hydrogens is 284 g/mol. The summed E-state index contributed by atoms with van der Waals surface area (Å²) in [5.74, 6) is 0.0647. The second-order valence-corrected chi connectivity index (χ2v) is 5.93. The van der Waals surface area contributed by atoms with Gasteiger partial charge in [0.2, 0.25) is 0 Å². The van der Waals surface area contributed by atoms with Crippen molar-refractivity contribution in [2.45, 2.75) is 20.3 Å². The molecule has 0 aliphatic carbocycles. The van der Waals surface area contributed by atoms with E-state index in [9.17, 15) is 4.79 Å². The van der Waals surface area contributed by atoms with Crippen LogP contribution in [0.1, 0.15) is 28.6 Å². The lowest BCUT2D eigenvalue weighted by atomic mass is 10.2. The SMILES string of the molecule is CCCN(C)c1nc(N)c(C(=O)Nc2cccc(C)c2)s1. The van der Waals surface area contributed by atoms with Gasteiger partial charge in [-0.2, -0.15) is 0 Å². The first-order chi connectivity index (χ1) is 10.0. The monoisotopic (exact) mass is 304 g/mol. The number of hydrogen-bond acceptors (Lipinski definition) is 5. The van der Waals surface area contributed by atoms with Crippen molar-refractivity contribution < 1.29 is 4.79 Å². The molecule has 1 amide bonds. The summed E-state index contributed by atoms with van der Waals surface area (Å²) in [6, 6.07) is 7.65. The number of nitrogens with two attached hydrogens (primary N) is 1. The minimum absolute atomic E-state index is 0.216. The minimum Gasteiger partial charge on any atom is -0.382 e. The number of amides is 1. The molecule has 2 aromatic rings. The molecule has 21 heavy (non-hydrogen) atoms. The molecule has 0 unspecified atom stereocenters. The van der Waals surface area contributed by atoms with Crippen LogP contribution in [0.4, 0.5) is 16.6 Å². The summed E-state index contributed by atoms with van der Waals surface area (Å²) in [7, 11) is 1.95. The molecule has 5 nitrogen and oxygen atoms in total. The number of nitrogen functional groups attached to an aromatic ring is 1. The molecule has 0 saturated carbocycles. The van der Waals surface area contributed by atoms with Crippen LogP contribution in [0.25, 0.3) is 0 Å². The number of nitrogens with one attached hydrogen (secondary N) is 1. The van der Waals surface area contributed by atoms with Crippen molar-refractivity contribution in [2.24, 2.45) is 0 Å². The van der Waals surface area contributed by atoms with Gasteiger partial charge in [0.25, 0.3) is 5.91 Å². The van der Waals surface area contributed by atoms with E-state index >= 15 is 0 Å². The zero-order chi connectivity index (χ0) is 15.4. The van der Waals surface area contributed by atoms with E-state index < -0.39 is 0 Å². The van der Waals surface area contributed by atoms with E-state index in [1.807, 2.05) is 43.1 Å². The lowest BCUT2D eigenvalue weighted by Gasteiger charge is -2.13. The van der Waals surface area contributed by atoms with Crippen LogP contribution in [0.5, 0.6) is 0 Å². The first-order valence-electron chi connectivity index (χ1n) is 6.86. The number of hydrogen-bond donors (Lipinski definition) is 2. The molecule has 0 radical (unpaired) electrons. The molecule has 1 heterocycles. The van der Waals surface area contributed by atoms with Gasteiger partial charge in [-0.05, 0) is 31.0 Å². The summed E-state index contributed by atoms with van der Waals surface area (Å²) < 4.78 is 0. The molecule has 3 N–H and O–H groups in total. The molecule has 0 atom stereocenters. The molecule has 0 fully saturated rings. The molecule has 0 saturated heterocycles. The Morgan fingerprint density at radius 2 is 2.24 bits per heavy atom. The first kappa shape index (κ1) is 15.3. The number of benzene rings is 1. The van der Waals surface area contributed by atoms with Crippen molar-refractivity contribution in [3.63, 3.8) is 0 Å². The molecule has 112 valence electrons. The molecule has 2 rings (SSSR count). The highest BCUT2D eigenvalue weighted by Gasteiger charge is 2.18. The summed E-state index contributed by atoms with van der Waals surface area (Å²) in [5.41, 5.74) is 7.72. The van der Waals surface area contributed by atoms with Crippen LogP contribution in [0.2, 0.25) is 0 Å². The molecule has 0 bridgehead atoms. The Morgan fingerprint density at radius 3 is 2.90 bits per heavy atom. The smallest absolute Gasteiger partial charge is 0.269 e. The van der Waals surface area contributed by atoms with Gasteiger partial charge in [-0.3, -0.25) is 4.79 Å². The molecule has 1 aromatic carbocycles. The fourth-order valence-corrected chi connectivity index (χ4v) is 2.86. The van der Waals surface area contributed by atoms with Crippen LogP contribution in [0.3, 0.4) is 0 Å². The number of nitrogens with zero attached hydrogens (tertiary/aromatic N) is 2. The van der Waals surface area contributed by atoms with E-state index in [-0.39, 0.29) is 11.7 Å². The quantitative estimate of drug-likeness (QED) is 0.890. The number of carbonyl (C=O) groups is 1. The second kappa shape index (κ2) is 6.58. The zero-order valence-electron chi connectivity index (χ0n) is 12.5. The summed E-state index contributed by atoms with van der Waals surface area (Å²) >= 11 is 1.32. The first-order valence-corrected chi connectivity index (χ1v) is 7.68. The predicted octanol–water partition coefficient (Wildman–Crippen LogP) is 3.13. The van der Waals surface area contributed by atoms with Crippen molar-refractivity contribution in [3.8, 4) is 0 Å². The van der Waals surface area contributed by atoms with Gasteiger partial charge in [0.1, 0.15) is 10.7 Å². The van der Waals surface area contributed by atoms with Gasteiger partial charge >= 0.3 is 0 Å². The maximum absolute atomic E-state index is 12.3. The minimum atomic E-state index is -0.216. The van der Waals surface area contributed by atoms with Crippen LogP contribution in [-0.4, -0.2) is 24.5 Å². The van der Waals surface area contributed by atoms with E-state index in [1.54, 1.807) is 0 Å². The van der Waals surface area contributed by atoms with Crippen LogP contribution >= 0.6 is 11.3 Å². The van der Waals surface area contributed by atoms with Gasteiger partial charge in [0, 0.05) is 19.3 Å². The molecule has 0 aliphatic heterocycles. The van der Waals surface area contributed by atoms with Gasteiger partial charge in [0.05, 0.1) is 0 Å². The fraction of sp³-hybridized carbons (Fsp3) is 0.333. The Morgan fingerprint density at radius 1 is 1.48 bits per heavy atom. The van der Waals surface area contributed by atoms with Crippen LogP contribution in [-0.2, 0) is 0 Å². The third-order valence-corrected chi connectivity index (χ3v) is 4.19. The standard InChI is InChI=1S/C15H20N4OS/c1-4-8-19(3)15-18-13(16)12(21-15)14(20)17-11-7-5-6-10(2)9-11/h5-7,9H,4,8,16H2,1-3H3,(H,17,20). The Balaban J connectivity index is 2.16. The van der Waals surface area contributed by atoms with Crippen molar-refractivity contribution in [3.05, 3.63) is 34.7 Å². The molecule has 0 spiro atoms. The normalized spacial score (nSPS) is 10.4. The highest BCUT2D eigenvalue weighted by Crippen LogP contribution is 2.28. The predicted molar refractivity (Wildman–Crippen MR) is 89.2 cm³/mol. The Kier molecular flexibility index (Phi) is 4.80. The maximum Gasteiger partial charge on any atom is 0.269 e. The van der Waals surface area contributed by atoms with Crippen LogP contribution < -0.4 is 16.0 Å². The van der Waals surface area contributed by atoms with Crippen molar-refractivity contribution in [2.75, 3.05) is 29.5 Å². The highest BCUT2D eigenvalue weighted by atomic mass is 32.1. The largest absolute Gasteiger partial charge is 0.382 e. The summed E-state index contributed by atoms with van der Waals surface area (Å²) in [6.07, 6.45) is 1.01. The van der Waals surface area contributed by atoms with Crippen LogP contribution in [0, 0.1) is 6.92 Å². The summed E-state index contributed by atoms with van der Waals surface area (Å²) in [5, 5.41) is 3.62. The van der Waals surface area contributed by atoms with Gasteiger partial charge in [-0.15, -0.1) is 0 Å². The topological polar surface area (TPSA) is 71.2 Å². The lowest BCUT2D eigenvalue weighted by Crippen LogP contribution is -2.17. The lowest BCUT2D eigenvalue weighted by molar-refractivity contribution is 0.103. The number of aryl methyl sites for hydroxylation is 1. The molecule has 1 aromatic heterocycles. The van der Waals surface area contributed by atoms with E-state index in [4.69, 9.17) is 5.73 Å². The molecular formula is C15H20N4OS. The van der Waals surface area contributed by atoms with Crippen molar-refractivity contribution >= 4 is 33.9 Å². The number of anilines is 3. The van der Waals surface area contributed by atoms with E-state index in [2.05, 4.69) is 17.2 Å². The Bertz CT molecular complexity index is 638. The number of aromatic nitrogens is 1. The zero-order valence-corrected chi connectivity index (χ0v) is 13.3. The van der Waals surface area contributed by atoms with Gasteiger partial charge in [0.15, 0.2) is 5.13 Å². The summed E-state index contributed by atoms with van der Waals surface area (Å²) in [6.45, 7) is 4.96. The Hall–Kier alpha value is -2.08. The van der Waals surface area contributed by atoms with E-state index in [0.29, 0.717) is 4.88 Å². The van der Waals surface area contributed by atoms with Crippen LogP contribution in [0.15, 0.2) is 24.3 Å². The number of carbonyl (C=O) groups excluding carboxylic acids is 1. The highest BCUT2D eigenvalue weighted by molar-refractivity contribution is 7.18. The second-order valence-electron chi connectivity index (χ2n) is 4.96. The number of rotatable bonds is 5. The molecule has 0 aliphatic rings. The third-order valence-electron chi connectivity index (χ3n) is 3.01. The Labute approximate surface area is 128 Å². The number of thiazole rings is 1. The molecule has 6 heteroatoms. The van der Waals surface area contributed by atoms with Crippen molar-refractivity contribution in [1.29, 1.82) is 0 Å². The van der Waals surface area contributed by atoms with Gasteiger partial charge in [-0.1, -0.05) is 30.4 Å². The van der Waals surface area contributed by atoms with Gasteiger partial charge in [-0.25, -0.2) is 4.98 Å². The average molecular weight is 304 g/mol. The van der Waals surface area contributed by atoms with E-state index in [0.717, 1.165) is 29.3 Å². The maximum atomic E-state index is 12.3. The van der Waals surface area contributed by atoms with Gasteiger partial charge < -0.3 is 16.0 Å². The third kappa shape index (κ3) is 3.72. The van der Waals surface area contributed by atoms with Crippen molar-refractivity contribution in [1.82, 2.24) is 4.98 Å². The average Bonchev–Trinajstić information content (AvgIpc) is 2.81.